The van der Waals surface area contributed by atoms with Crippen LogP contribution in [0.5, 0.6) is 0 Å². The molecule has 0 aliphatic heterocycles. The van der Waals surface area contributed by atoms with E-state index in [1.165, 1.54) is 12.1 Å². The summed E-state index contributed by atoms with van der Waals surface area (Å²) in [5, 5.41) is 6.67. The lowest BCUT2D eigenvalue weighted by Crippen LogP contribution is -2.23. The summed E-state index contributed by atoms with van der Waals surface area (Å²) in [6.07, 6.45) is -4.21. The van der Waals surface area contributed by atoms with Crippen LogP contribution < -0.4 is 0 Å². The second-order valence-corrected chi connectivity index (χ2v) is 4.30. The summed E-state index contributed by atoms with van der Waals surface area (Å²) in [5.41, 5.74) is -0.683. The van der Waals surface area contributed by atoms with Gasteiger partial charge in [0.2, 0.25) is 0 Å². The molecule has 0 saturated carbocycles. The highest BCUT2D eigenvalue weighted by atomic mass is 35.5. The van der Waals surface area contributed by atoms with Crippen molar-refractivity contribution in [3.05, 3.63) is 46.5 Å². The van der Waals surface area contributed by atoms with Crippen LogP contribution in [0.2, 0.25) is 5.02 Å². The molecule has 106 valence electrons. The number of alkyl halides is 3. The van der Waals surface area contributed by atoms with Gasteiger partial charge < -0.3 is 0 Å². The quantitative estimate of drug-likeness (QED) is 0.647. The van der Waals surface area contributed by atoms with Gasteiger partial charge in [0.25, 0.3) is 5.78 Å². The van der Waals surface area contributed by atoms with Gasteiger partial charge in [0, 0.05) is 10.6 Å². The van der Waals surface area contributed by atoms with Crippen molar-refractivity contribution in [1.82, 2.24) is 15.0 Å². The smallest absolute Gasteiger partial charge is 0.282 e. The molecule has 0 radical (unpaired) electrons. The summed E-state index contributed by atoms with van der Waals surface area (Å²) in [6.45, 7) is -0.166. The molecule has 0 N–H and O–H groups in total. The monoisotopic (exact) mass is 307 g/mol. The van der Waals surface area contributed by atoms with Gasteiger partial charge in [0.05, 0.1) is 12.7 Å². The van der Waals surface area contributed by atoms with Crippen molar-refractivity contribution in [2.75, 3.05) is 0 Å². The van der Waals surface area contributed by atoms with E-state index in [0.29, 0.717) is 0 Å². The van der Waals surface area contributed by atoms with Gasteiger partial charge in [-0.1, -0.05) is 22.9 Å². The highest BCUT2D eigenvalue weighted by Crippen LogP contribution is 2.20. The first-order valence-corrected chi connectivity index (χ1v) is 5.61. The number of rotatable bonds is 3. The predicted molar refractivity (Wildman–Crippen MR) is 60.9 cm³/mol. The molecule has 0 saturated heterocycles. The average Bonchev–Trinajstić information content (AvgIpc) is 2.79. The SMILES string of the molecule is O=C(c1cn(Cc2ccc(Cl)cc2F)nn1)C(F)(F)F. The summed E-state index contributed by atoms with van der Waals surface area (Å²) in [7, 11) is 0. The first-order chi connectivity index (χ1) is 9.27. The van der Waals surface area contributed by atoms with Gasteiger partial charge in [-0.25, -0.2) is 9.07 Å². The lowest BCUT2D eigenvalue weighted by Gasteiger charge is -2.03. The highest BCUT2D eigenvalue weighted by molar-refractivity contribution is 6.30. The fourth-order valence-corrected chi connectivity index (χ4v) is 1.61. The van der Waals surface area contributed by atoms with E-state index in [2.05, 4.69) is 10.3 Å². The lowest BCUT2D eigenvalue weighted by atomic mass is 10.2. The molecule has 1 aromatic heterocycles. The summed E-state index contributed by atoms with van der Waals surface area (Å²) < 4.78 is 51.0. The molecule has 20 heavy (non-hydrogen) atoms. The predicted octanol–water partition coefficient (Wildman–Crippen LogP) is 2.86. The van der Waals surface area contributed by atoms with Crippen LogP contribution in [0.4, 0.5) is 17.6 Å². The summed E-state index contributed by atoms with van der Waals surface area (Å²) in [6, 6.07) is 3.86. The van der Waals surface area contributed by atoms with Crippen LogP contribution in [0.1, 0.15) is 16.1 Å². The Balaban J connectivity index is 2.20. The number of nitrogens with zero attached hydrogens (tertiary/aromatic N) is 3. The normalized spacial score (nSPS) is 11.7. The summed E-state index contributed by atoms with van der Waals surface area (Å²) in [5.74, 6) is -2.72. The van der Waals surface area contributed by atoms with Crippen LogP contribution in [0.3, 0.4) is 0 Å². The van der Waals surface area contributed by atoms with E-state index in [-0.39, 0.29) is 17.1 Å². The van der Waals surface area contributed by atoms with Gasteiger partial charge in [-0.3, -0.25) is 4.79 Å². The van der Waals surface area contributed by atoms with Crippen LogP contribution >= 0.6 is 11.6 Å². The maximum atomic E-state index is 13.5. The number of ketones is 1. The maximum absolute atomic E-state index is 13.5. The molecule has 1 heterocycles. The van der Waals surface area contributed by atoms with Crippen molar-refractivity contribution in [3.63, 3.8) is 0 Å². The van der Waals surface area contributed by atoms with Crippen molar-refractivity contribution in [2.45, 2.75) is 12.7 Å². The molecule has 0 unspecified atom stereocenters. The molecule has 2 aromatic rings. The molecule has 0 amide bonds. The Labute approximate surface area is 115 Å². The zero-order valence-corrected chi connectivity index (χ0v) is 10.4. The van der Waals surface area contributed by atoms with E-state index < -0.39 is 23.5 Å². The molecule has 0 atom stereocenters. The van der Waals surface area contributed by atoms with E-state index in [1.807, 2.05) is 0 Å². The van der Waals surface area contributed by atoms with E-state index >= 15 is 0 Å². The number of halogens is 5. The fraction of sp³-hybridized carbons (Fsp3) is 0.182. The van der Waals surface area contributed by atoms with Crippen LogP contribution in [-0.4, -0.2) is 27.0 Å². The molecule has 0 fully saturated rings. The van der Waals surface area contributed by atoms with Gasteiger partial charge in [0.15, 0.2) is 5.69 Å². The van der Waals surface area contributed by atoms with Crippen molar-refractivity contribution in [2.24, 2.45) is 0 Å². The Morgan fingerprint density at radius 3 is 2.65 bits per heavy atom. The molecule has 9 heteroatoms. The molecule has 0 spiro atoms. The molecular weight excluding hydrogens is 302 g/mol. The standard InChI is InChI=1S/C11H6ClF4N3O/c12-7-2-1-6(8(13)3-7)4-19-5-9(17-18-19)10(20)11(14,15)16/h1-3,5H,4H2. The van der Waals surface area contributed by atoms with Crippen LogP contribution in [0.25, 0.3) is 0 Å². The molecule has 0 aliphatic rings. The summed E-state index contributed by atoms with van der Waals surface area (Å²) in [4.78, 5) is 10.9. The van der Waals surface area contributed by atoms with Crippen molar-refractivity contribution < 1.29 is 22.4 Å². The molecule has 1 aromatic carbocycles. The molecule has 2 rings (SSSR count). The minimum Gasteiger partial charge on any atom is -0.282 e. The minimum absolute atomic E-state index is 0.158. The number of hydrogen-bond acceptors (Lipinski definition) is 3. The molecule has 0 aliphatic carbocycles. The Bertz CT molecular complexity index is 653. The zero-order valence-electron chi connectivity index (χ0n) is 9.66. The number of carbonyl (C=O) groups is 1. The van der Waals surface area contributed by atoms with Crippen molar-refractivity contribution in [1.29, 1.82) is 0 Å². The van der Waals surface area contributed by atoms with Gasteiger partial charge >= 0.3 is 6.18 Å². The second-order valence-electron chi connectivity index (χ2n) is 3.86. The molecule has 4 nitrogen and oxygen atoms in total. The van der Waals surface area contributed by atoms with Crippen molar-refractivity contribution in [3.8, 4) is 0 Å². The molecule has 0 bridgehead atoms. The number of Topliss-reactive ketones (excluding diaryl/α,β-unsaturated/α-hetero) is 1. The van der Waals surface area contributed by atoms with Gasteiger partial charge in [0.1, 0.15) is 5.82 Å². The lowest BCUT2D eigenvalue weighted by molar-refractivity contribution is -0.0888. The third kappa shape index (κ3) is 3.13. The van der Waals surface area contributed by atoms with E-state index in [4.69, 9.17) is 11.6 Å². The Morgan fingerprint density at radius 1 is 1.35 bits per heavy atom. The van der Waals surface area contributed by atoms with Crippen LogP contribution in [0, 0.1) is 5.82 Å². The van der Waals surface area contributed by atoms with E-state index in [9.17, 15) is 22.4 Å². The fourth-order valence-electron chi connectivity index (χ4n) is 1.45. The first-order valence-electron chi connectivity index (χ1n) is 5.23. The van der Waals surface area contributed by atoms with Gasteiger partial charge in [-0.05, 0) is 12.1 Å². The summed E-state index contributed by atoms with van der Waals surface area (Å²) >= 11 is 5.57. The minimum atomic E-state index is -5.02. The zero-order chi connectivity index (χ0) is 14.9. The van der Waals surface area contributed by atoms with Crippen molar-refractivity contribution >= 4 is 17.4 Å². The Hall–Kier alpha value is -1.96. The van der Waals surface area contributed by atoms with Gasteiger partial charge in [-0.2, -0.15) is 13.2 Å². The average molecular weight is 308 g/mol. The third-order valence-electron chi connectivity index (χ3n) is 2.38. The molecular formula is C11H6ClF4N3O. The second kappa shape index (κ2) is 5.20. The number of hydrogen-bond donors (Lipinski definition) is 0. The maximum Gasteiger partial charge on any atom is 0.456 e. The number of aromatic nitrogens is 3. The number of carbonyl (C=O) groups excluding carboxylic acids is 1. The Morgan fingerprint density at radius 2 is 2.05 bits per heavy atom. The van der Waals surface area contributed by atoms with E-state index in [0.717, 1.165) is 16.9 Å². The highest BCUT2D eigenvalue weighted by Gasteiger charge is 2.41. The first kappa shape index (κ1) is 14.4. The van der Waals surface area contributed by atoms with Crippen LogP contribution in [-0.2, 0) is 6.54 Å². The topological polar surface area (TPSA) is 47.8 Å². The van der Waals surface area contributed by atoms with Gasteiger partial charge in [-0.15, -0.1) is 5.10 Å². The number of benzene rings is 1. The Kier molecular flexibility index (Phi) is 3.76. The largest absolute Gasteiger partial charge is 0.456 e. The van der Waals surface area contributed by atoms with E-state index in [1.54, 1.807) is 0 Å². The van der Waals surface area contributed by atoms with Crippen LogP contribution in [0.15, 0.2) is 24.4 Å². The third-order valence-corrected chi connectivity index (χ3v) is 2.61.